The fourth-order valence-corrected chi connectivity index (χ4v) is 3.40. The molecule has 0 saturated carbocycles. The summed E-state index contributed by atoms with van der Waals surface area (Å²) < 4.78 is 45.9. The minimum atomic E-state index is -4.35. The third-order valence-corrected chi connectivity index (χ3v) is 4.87. The molecular weight excluding hydrogens is 395 g/mol. The van der Waals surface area contributed by atoms with Gasteiger partial charge in [0, 0.05) is 17.1 Å². The van der Waals surface area contributed by atoms with E-state index in [2.05, 4.69) is 11.2 Å². The van der Waals surface area contributed by atoms with E-state index < -0.39 is 11.7 Å². The molecule has 8 heteroatoms. The van der Waals surface area contributed by atoms with Gasteiger partial charge in [0.2, 0.25) is 0 Å². The highest BCUT2D eigenvalue weighted by molar-refractivity contribution is 5.85. The normalized spacial score (nSPS) is 14.9. The molecule has 0 spiro atoms. The van der Waals surface area contributed by atoms with Crippen LogP contribution in [0.15, 0.2) is 48.7 Å². The summed E-state index contributed by atoms with van der Waals surface area (Å²) >= 11 is 0. The van der Waals surface area contributed by atoms with Crippen molar-refractivity contribution in [1.29, 1.82) is 0 Å². The third kappa shape index (κ3) is 4.44. The summed E-state index contributed by atoms with van der Waals surface area (Å²) in [4.78, 5) is 5.51. The van der Waals surface area contributed by atoms with E-state index in [-0.39, 0.29) is 6.61 Å². The second-order valence-corrected chi connectivity index (χ2v) is 6.97. The average molecular weight is 415 g/mol. The van der Waals surface area contributed by atoms with Gasteiger partial charge in [-0.25, -0.2) is 0 Å². The van der Waals surface area contributed by atoms with Crippen LogP contribution in [0.1, 0.15) is 16.7 Å². The Hall–Kier alpha value is -2.99. The number of alkyl halides is 3. The van der Waals surface area contributed by atoms with E-state index in [1.807, 2.05) is 34.0 Å². The monoisotopic (exact) mass is 415 g/mol. The maximum atomic E-state index is 12.7. The number of hydroxylamine groups is 2. The summed E-state index contributed by atoms with van der Waals surface area (Å²) in [5.41, 5.74) is 2.01. The molecule has 0 amide bonds. The van der Waals surface area contributed by atoms with E-state index in [9.17, 15) is 13.2 Å². The summed E-state index contributed by atoms with van der Waals surface area (Å²) in [7, 11) is 0. The Kier molecular flexibility index (Phi) is 5.68. The zero-order valence-electron chi connectivity index (χ0n) is 16.1. The fourth-order valence-electron chi connectivity index (χ4n) is 3.40. The maximum absolute atomic E-state index is 12.7. The van der Waals surface area contributed by atoms with E-state index in [1.54, 1.807) is 0 Å². The van der Waals surface area contributed by atoms with Crippen molar-refractivity contribution in [2.45, 2.75) is 25.9 Å². The van der Waals surface area contributed by atoms with E-state index in [1.165, 1.54) is 12.1 Å². The van der Waals surface area contributed by atoms with Gasteiger partial charge < -0.3 is 9.30 Å². The Balaban J connectivity index is 1.53. The van der Waals surface area contributed by atoms with Crippen molar-refractivity contribution in [3.8, 4) is 18.1 Å². The molecule has 5 nitrogen and oxygen atoms in total. The van der Waals surface area contributed by atoms with Gasteiger partial charge in [-0.2, -0.15) is 18.2 Å². The van der Waals surface area contributed by atoms with Crippen LogP contribution in [0.3, 0.4) is 0 Å². The number of nitrogens with zero attached hydrogens (tertiary/aromatic N) is 2. The Morgan fingerprint density at radius 2 is 1.97 bits per heavy atom. The molecule has 1 aliphatic heterocycles. The van der Waals surface area contributed by atoms with Crippen LogP contribution in [-0.2, 0) is 30.7 Å². The number of nitrogens with one attached hydrogen (secondary N) is 1. The van der Waals surface area contributed by atoms with Crippen LogP contribution in [0.2, 0.25) is 0 Å². The number of benzene rings is 2. The number of hydrogen-bond acceptors (Lipinski definition) is 4. The molecule has 156 valence electrons. The second kappa shape index (κ2) is 8.40. The first-order chi connectivity index (χ1) is 14.4. The van der Waals surface area contributed by atoms with Crippen molar-refractivity contribution in [2.24, 2.45) is 0 Å². The predicted octanol–water partition coefficient (Wildman–Crippen LogP) is 4.12. The fraction of sp³-hybridized carbons (Fsp3) is 0.273. The lowest BCUT2D eigenvalue weighted by Crippen LogP contribution is -2.20. The second-order valence-electron chi connectivity index (χ2n) is 6.97. The molecule has 1 aromatic heterocycles. The van der Waals surface area contributed by atoms with E-state index in [4.69, 9.17) is 16.0 Å². The van der Waals surface area contributed by atoms with Crippen LogP contribution in [-0.4, -0.2) is 23.0 Å². The molecule has 0 unspecified atom stereocenters. The minimum absolute atomic E-state index is 0.170. The molecule has 1 saturated heterocycles. The molecule has 2 aromatic carbocycles. The van der Waals surface area contributed by atoms with Crippen LogP contribution >= 0.6 is 0 Å². The predicted molar refractivity (Wildman–Crippen MR) is 106 cm³/mol. The van der Waals surface area contributed by atoms with Crippen LogP contribution in [0.25, 0.3) is 10.9 Å². The average Bonchev–Trinajstić information content (AvgIpc) is 3.35. The summed E-state index contributed by atoms with van der Waals surface area (Å²) in [6.45, 7) is 2.31. The summed E-state index contributed by atoms with van der Waals surface area (Å²) in [5.74, 6) is 3.28. The molecule has 1 N–H and O–H groups in total. The van der Waals surface area contributed by atoms with Gasteiger partial charge in [0.05, 0.1) is 25.3 Å². The highest BCUT2D eigenvalue weighted by Gasteiger charge is 2.29. The number of terminal acetylenes is 1. The molecule has 0 aliphatic carbocycles. The van der Waals surface area contributed by atoms with Gasteiger partial charge in [0.15, 0.2) is 0 Å². The number of halogens is 3. The Morgan fingerprint density at radius 1 is 1.17 bits per heavy atom. The molecule has 3 aromatic rings. The van der Waals surface area contributed by atoms with Crippen LogP contribution in [0.5, 0.6) is 5.75 Å². The molecular formula is C22H20F3N3O2. The van der Waals surface area contributed by atoms with Gasteiger partial charge in [-0.1, -0.05) is 18.1 Å². The molecule has 2 heterocycles. The van der Waals surface area contributed by atoms with E-state index in [0.717, 1.165) is 28.6 Å². The Bertz CT molecular complexity index is 1060. The minimum Gasteiger partial charge on any atom is -0.489 e. The van der Waals surface area contributed by atoms with Crippen molar-refractivity contribution in [3.63, 3.8) is 0 Å². The SMILES string of the molecule is C#CCn1cc(CN2CNCO2)c2cc(OCc3ccc(C(F)(F)F)cc3)ccc21. The quantitative estimate of drug-likeness (QED) is 0.615. The topological polar surface area (TPSA) is 38.7 Å². The van der Waals surface area contributed by atoms with Crippen LogP contribution in [0, 0.1) is 12.3 Å². The van der Waals surface area contributed by atoms with E-state index in [0.29, 0.717) is 37.8 Å². The first-order valence-electron chi connectivity index (χ1n) is 9.37. The van der Waals surface area contributed by atoms with Crippen molar-refractivity contribution in [3.05, 3.63) is 65.4 Å². The van der Waals surface area contributed by atoms with Gasteiger partial charge in [-0.3, -0.25) is 10.2 Å². The summed E-state index contributed by atoms with van der Waals surface area (Å²) in [5, 5.41) is 5.92. The van der Waals surface area contributed by atoms with E-state index >= 15 is 0 Å². The molecule has 1 aliphatic rings. The molecule has 0 bridgehead atoms. The van der Waals surface area contributed by atoms with Gasteiger partial charge in [0.1, 0.15) is 19.1 Å². The maximum Gasteiger partial charge on any atom is 0.416 e. The van der Waals surface area contributed by atoms with Crippen molar-refractivity contribution >= 4 is 10.9 Å². The molecule has 1 fully saturated rings. The molecule has 4 rings (SSSR count). The summed E-state index contributed by atoms with van der Waals surface area (Å²) in [6, 6.07) is 10.7. The Morgan fingerprint density at radius 3 is 2.63 bits per heavy atom. The number of rotatable bonds is 6. The lowest BCUT2D eigenvalue weighted by Gasteiger charge is -2.12. The van der Waals surface area contributed by atoms with Crippen LogP contribution in [0.4, 0.5) is 13.2 Å². The largest absolute Gasteiger partial charge is 0.489 e. The smallest absolute Gasteiger partial charge is 0.416 e. The zero-order chi connectivity index (χ0) is 21.1. The Labute approximate surface area is 171 Å². The van der Waals surface area contributed by atoms with Gasteiger partial charge >= 0.3 is 6.18 Å². The number of hydrogen-bond donors (Lipinski definition) is 1. The molecule has 0 radical (unpaired) electrons. The summed E-state index contributed by atoms with van der Waals surface area (Å²) in [6.07, 6.45) is 3.15. The van der Waals surface area contributed by atoms with Crippen molar-refractivity contribution < 1.29 is 22.7 Å². The molecule has 30 heavy (non-hydrogen) atoms. The van der Waals surface area contributed by atoms with Gasteiger partial charge in [0.25, 0.3) is 0 Å². The van der Waals surface area contributed by atoms with Crippen molar-refractivity contribution in [2.75, 3.05) is 13.4 Å². The van der Waals surface area contributed by atoms with Crippen molar-refractivity contribution in [1.82, 2.24) is 14.9 Å². The number of aromatic nitrogens is 1. The number of ether oxygens (including phenoxy) is 1. The highest BCUT2D eigenvalue weighted by Crippen LogP contribution is 2.30. The lowest BCUT2D eigenvalue weighted by atomic mass is 10.1. The highest BCUT2D eigenvalue weighted by atomic mass is 19.4. The standard InChI is InChI=1S/C22H20F3N3O2/c1-2-9-27-11-17(12-28-14-26-15-30-28)20-10-19(7-8-21(20)27)29-13-16-3-5-18(6-4-16)22(23,24)25/h1,3-8,10-11,26H,9,12-15H2. The lowest BCUT2D eigenvalue weighted by molar-refractivity contribution is -0.137. The zero-order valence-corrected chi connectivity index (χ0v) is 16.1. The number of fused-ring (bicyclic) bond motifs is 1. The first kappa shape index (κ1) is 20.3. The molecule has 0 atom stereocenters. The first-order valence-corrected chi connectivity index (χ1v) is 9.37. The van der Waals surface area contributed by atoms with Crippen LogP contribution < -0.4 is 10.1 Å². The van der Waals surface area contributed by atoms with Gasteiger partial charge in [-0.05, 0) is 41.5 Å². The van der Waals surface area contributed by atoms with Gasteiger partial charge in [-0.15, -0.1) is 6.42 Å². The third-order valence-electron chi connectivity index (χ3n) is 4.87.